The van der Waals surface area contributed by atoms with E-state index in [4.69, 9.17) is 14.2 Å². The second-order valence-corrected chi connectivity index (χ2v) is 11.5. The summed E-state index contributed by atoms with van der Waals surface area (Å²) in [4.78, 5) is 16.0. The van der Waals surface area contributed by atoms with Crippen LogP contribution in [-0.4, -0.2) is 73.4 Å². The zero-order valence-electron chi connectivity index (χ0n) is 26.2. The molecule has 0 spiro atoms. The van der Waals surface area contributed by atoms with Crippen molar-refractivity contribution in [1.82, 2.24) is 19.9 Å². The predicted octanol–water partition coefficient (Wildman–Crippen LogP) is 6.44. The van der Waals surface area contributed by atoms with Crippen LogP contribution in [0.4, 0.5) is 11.5 Å². The van der Waals surface area contributed by atoms with E-state index in [9.17, 15) is 0 Å². The molecule has 1 saturated heterocycles. The molecular weight excluding hydrogens is 564 g/mol. The zero-order chi connectivity index (χ0) is 30.8. The molecule has 1 aliphatic rings. The number of nitrogens with zero attached hydrogens (tertiary/aromatic N) is 4. The summed E-state index contributed by atoms with van der Waals surface area (Å²) in [6.07, 6.45) is 7.79. The molecule has 234 valence electrons. The van der Waals surface area contributed by atoms with Crippen molar-refractivity contribution >= 4 is 33.3 Å². The van der Waals surface area contributed by atoms with Crippen LogP contribution >= 0.6 is 0 Å². The first-order valence-corrected chi connectivity index (χ1v) is 15.8. The van der Waals surface area contributed by atoms with Gasteiger partial charge in [-0.2, -0.15) is 0 Å². The number of aryl methyl sites for hydroxylation is 1. The normalized spacial score (nSPS) is 14.0. The fourth-order valence-corrected chi connectivity index (χ4v) is 5.98. The summed E-state index contributed by atoms with van der Waals surface area (Å²) in [7, 11) is 3.30. The van der Waals surface area contributed by atoms with E-state index in [0.29, 0.717) is 17.4 Å². The number of piperidine rings is 1. The molecule has 0 saturated carbocycles. The number of likely N-dealkylation sites (tertiary alicyclic amines) is 1. The highest BCUT2D eigenvalue weighted by Gasteiger charge is 2.20. The van der Waals surface area contributed by atoms with Gasteiger partial charge in [0, 0.05) is 54.4 Å². The van der Waals surface area contributed by atoms with Gasteiger partial charge in [-0.1, -0.05) is 30.3 Å². The van der Waals surface area contributed by atoms with Crippen molar-refractivity contribution in [3.8, 4) is 17.2 Å². The minimum atomic E-state index is 0.545. The highest BCUT2D eigenvalue weighted by atomic mass is 16.5. The van der Waals surface area contributed by atoms with Crippen molar-refractivity contribution in [3.63, 3.8) is 0 Å². The molecule has 2 aromatic heterocycles. The Hall–Kier alpha value is -4.63. The number of fused-ring (bicyclic) bond motifs is 2. The number of hydrogen-bond donors (Lipinski definition) is 2. The van der Waals surface area contributed by atoms with Gasteiger partial charge in [-0.25, -0.2) is 9.97 Å². The summed E-state index contributed by atoms with van der Waals surface area (Å²) < 4.78 is 17.2. The van der Waals surface area contributed by atoms with Crippen molar-refractivity contribution in [1.29, 1.82) is 0 Å². The number of methoxy groups -OCH3 is 2. The number of rotatable bonds is 14. The molecule has 0 unspecified atom stereocenters. The average molecular weight is 607 g/mol. The molecule has 0 amide bonds. The average Bonchev–Trinajstić information content (AvgIpc) is 3.09. The molecule has 0 radical (unpaired) electrons. The van der Waals surface area contributed by atoms with E-state index in [2.05, 4.69) is 66.9 Å². The lowest BCUT2D eigenvalue weighted by Crippen LogP contribution is -2.38. The van der Waals surface area contributed by atoms with Crippen LogP contribution in [-0.2, 0) is 6.42 Å². The largest absolute Gasteiger partial charge is 0.493 e. The summed E-state index contributed by atoms with van der Waals surface area (Å²) in [5, 5.41) is 9.14. The summed E-state index contributed by atoms with van der Waals surface area (Å²) >= 11 is 0. The van der Waals surface area contributed by atoms with Gasteiger partial charge < -0.3 is 29.7 Å². The van der Waals surface area contributed by atoms with Crippen molar-refractivity contribution in [3.05, 3.63) is 84.8 Å². The van der Waals surface area contributed by atoms with Gasteiger partial charge in [0.1, 0.15) is 17.9 Å². The Morgan fingerprint density at radius 1 is 0.800 bits per heavy atom. The summed E-state index contributed by atoms with van der Waals surface area (Å²) in [5.41, 5.74) is 4.18. The summed E-state index contributed by atoms with van der Waals surface area (Å²) in [5.74, 6) is 3.67. The molecular formula is C36H42N6O3. The van der Waals surface area contributed by atoms with E-state index in [1.165, 1.54) is 5.56 Å². The van der Waals surface area contributed by atoms with Gasteiger partial charge in [0.25, 0.3) is 0 Å². The number of aromatic nitrogens is 3. The summed E-state index contributed by atoms with van der Waals surface area (Å²) in [6, 6.07) is 22.6. The van der Waals surface area contributed by atoms with E-state index in [-0.39, 0.29) is 0 Å². The second-order valence-electron chi connectivity index (χ2n) is 11.5. The Morgan fingerprint density at radius 2 is 1.60 bits per heavy atom. The topological polar surface area (TPSA) is 93.7 Å². The number of ether oxygens (including phenoxy) is 3. The van der Waals surface area contributed by atoms with Gasteiger partial charge in [-0.3, -0.25) is 4.98 Å². The van der Waals surface area contributed by atoms with Gasteiger partial charge in [-0.15, -0.1) is 0 Å². The van der Waals surface area contributed by atoms with Gasteiger partial charge in [-0.05, 0) is 74.5 Å². The van der Waals surface area contributed by atoms with E-state index in [0.717, 1.165) is 104 Å². The lowest BCUT2D eigenvalue weighted by atomic mass is 9.98. The fraction of sp³-hybridized carbons (Fsp3) is 0.361. The van der Waals surface area contributed by atoms with Gasteiger partial charge >= 0.3 is 0 Å². The third-order valence-corrected chi connectivity index (χ3v) is 8.57. The molecule has 45 heavy (non-hydrogen) atoms. The monoisotopic (exact) mass is 606 g/mol. The Kier molecular flexibility index (Phi) is 10.1. The van der Waals surface area contributed by atoms with Crippen molar-refractivity contribution in [2.45, 2.75) is 25.7 Å². The van der Waals surface area contributed by atoms with Crippen LogP contribution in [0.3, 0.4) is 0 Å². The second kappa shape index (κ2) is 14.9. The Morgan fingerprint density at radius 3 is 2.42 bits per heavy atom. The number of hydrogen-bond acceptors (Lipinski definition) is 9. The first kappa shape index (κ1) is 30.4. The molecule has 0 bridgehead atoms. The smallest absolute Gasteiger partial charge is 0.162 e. The molecule has 0 aliphatic carbocycles. The number of pyridine rings is 1. The van der Waals surface area contributed by atoms with Gasteiger partial charge in [0.2, 0.25) is 0 Å². The molecule has 1 fully saturated rings. The van der Waals surface area contributed by atoms with Crippen LogP contribution in [0.2, 0.25) is 0 Å². The molecule has 9 nitrogen and oxygen atoms in total. The van der Waals surface area contributed by atoms with Crippen LogP contribution in [0.5, 0.6) is 17.2 Å². The molecule has 3 heterocycles. The van der Waals surface area contributed by atoms with Crippen LogP contribution < -0.4 is 24.8 Å². The van der Waals surface area contributed by atoms with E-state index in [1.54, 1.807) is 20.5 Å². The number of anilines is 2. The number of nitrogens with one attached hydrogen (secondary N) is 2. The quantitative estimate of drug-likeness (QED) is 0.139. The van der Waals surface area contributed by atoms with Crippen LogP contribution in [0.1, 0.15) is 24.8 Å². The molecule has 0 atom stereocenters. The lowest BCUT2D eigenvalue weighted by molar-refractivity contribution is 0.145. The third-order valence-electron chi connectivity index (χ3n) is 8.57. The molecule has 3 aromatic carbocycles. The maximum absolute atomic E-state index is 6.25. The fourth-order valence-electron chi connectivity index (χ4n) is 5.98. The molecule has 5 aromatic rings. The minimum Gasteiger partial charge on any atom is -0.493 e. The van der Waals surface area contributed by atoms with Crippen molar-refractivity contribution < 1.29 is 14.2 Å². The molecule has 1 aliphatic heterocycles. The number of benzene rings is 3. The Labute approximate surface area is 265 Å². The Bertz CT molecular complexity index is 1690. The Balaban J connectivity index is 0.939. The first-order chi connectivity index (χ1) is 22.2. The van der Waals surface area contributed by atoms with E-state index in [1.807, 2.05) is 36.5 Å². The van der Waals surface area contributed by atoms with E-state index >= 15 is 0 Å². The summed E-state index contributed by atoms with van der Waals surface area (Å²) in [6.45, 7) is 5.57. The lowest BCUT2D eigenvalue weighted by Gasteiger charge is -2.32. The standard InChI is InChI=1S/C36H42N6O3/c1-43-34-22-30-31(12-16-37-33(30)23-35(34)44-2)38-17-20-42-18-13-27(14-19-42)24-45-28-10-11-29-32(21-28)40-25-41-36(29)39-15-6-9-26-7-4-3-5-8-26/h3-5,7-8,10-12,16,21-23,25,27H,6,9,13-15,17-20,24H2,1-2H3,(H,37,38)(H,39,40,41). The highest BCUT2D eigenvalue weighted by molar-refractivity contribution is 5.93. The van der Waals surface area contributed by atoms with Gasteiger partial charge in [0.05, 0.1) is 31.9 Å². The van der Waals surface area contributed by atoms with Gasteiger partial charge in [0.15, 0.2) is 11.5 Å². The van der Waals surface area contributed by atoms with Crippen LogP contribution in [0.15, 0.2) is 79.3 Å². The van der Waals surface area contributed by atoms with Crippen molar-refractivity contribution in [2.24, 2.45) is 5.92 Å². The molecule has 6 rings (SSSR count). The molecule has 2 N–H and O–H groups in total. The highest BCUT2D eigenvalue weighted by Crippen LogP contribution is 2.34. The first-order valence-electron chi connectivity index (χ1n) is 15.8. The maximum atomic E-state index is 6.25. The van der Waals surface area contributed by atoms with Crippen LogP contribution in [0, 0.1) is 5.92 Å². The molecule has 9 heteroatoms. The maximum Gasteiger partial charge on any atom is 0.162 e. The predicted molar refractivity (Wildman–Crippen MR) is 181 cm³/mol. The minimum absolute atomic E-state index is 0.545. The SMILES string of the molecule is COc1cc2nccc(NCCN3CCC(COc4ccc5c(NCCCc6ccccc6)ncnc5c4)CC3)c2cc1OC. The van der Waals surface area contributed by atoms with Crippen LogP contribution in [0.25, 0.3) is 21.8 Å². The third kappa shape index (κ3) is 7.72. The zero-order valence-corrected chi connectivity index (χ0v) is 26.2. The van der Waals surface area contributed by atoms with E-state index < -0.39 is 0 Å². The van der Waals surface area contributed by atoms with Crippen molar-refractivity contribution in [2.75, 3.05) is 64.2 Å².